The molecule has 2 heteroatoms. The van der Waals surface area contributed by atoms with E-state index in [0.717, 1.165) is 6.42 Å². The molecule has 0 unspecified atom stereocenters. The van der Waals surface area contributed by atoms with Gasteiger partial charge in [-0.3, -0.25) is 0 Å². The number of ether oxygens (including phenoxy) is 1. The van der Waals surface area contributed by atoms with Crippen molar-refractivity contribution in [2.75, 3.05) is 0 Å². The predicted molar refractivity (Wildman–Crippen MR) is 80.9 cm³/mol. The van der Waals surface area contributed by atoms with Crippen molar-refractivity contribution in [3.63, 3.8) is 0 Å². The third kappa shape index (κ3) is 3.82. The third-order valence-electron chi connectivity index (χ3n) is 3.01. The molecule has 102 valence electrons. The summed E-state index contributed by atoms with van der Waals surface area (Å²) in [7, 11) is 0. The van der Waals surface area contributed by atoms with E-state index in [0.29, 0.717) is 11.3 Å². The second-order valence-electron chi connectivity index (χ2n) is 4.98. The second kappa shape index (κ2) is 6.20. The van der Waals surface area contributed by atoms with Gasteiger partial charge in [-0.25, -0.2) is 4.79 Å². The average Bonchev–Trinajstić information content (AvgIpc) is 2.43. The van der Waals surface area contributed by atoms with Crippen molar-refractivity contribution in [2.45, 2.75) is 20.3 Å². The van der Waals surface area contributed by atoms with Gasteiger partial charge in [-0.2, -0.15) is 0 Å². The van der Waals surface area contributed by atoms with Crippen molar-refractivity contribution < 1.29 is 9.53 Å². The highest BCUT2D eigenvalue weighted by Gasteiger charge is 2.05. The van der Waals surface area contributed by atoms with Crippen molar-refractivity contribution in [3.05, 3.63) is 77.4 Å². The summed E-state index contributed by atoms with van der Waals surface area (Å²) in [5.41, 5.74) is 4.11. The molecular formula is C18H18O2. The van der Waals surface area contributed by atoms with Crippen LogP contribution in [-0.2, 0) is 11.2 Å². The lowest BCUT2D eigenvalue weighted by molar-refractivity contribution is -0.130. The van der Waals surface area contributed by atoms with Crippen molar-refractivity contribution in [2.24, 2.45) is 0 Å². The minimum atomic E-state index is -0.392. The summed E-state index contributed by atoms with van der Waals surface area (Å²) in [6.45, 7) is 7.27. The van der Waals surface area contributed by atoms with E-state index in [1.165, 1.54) is 16.7 Å². The summed E-state index contributed by atoms with van der Waals surface area (Å²) in [5.74, 6) is 0.155. The normalized spacial score (nSPS) is 10.1. The van der Waals surface area contributed by atoms with E-state index in [4.69, 9.17) is 4.74 Å². The number of benzene rings is 2. The van der Waals surface area contributed by atoms with Crippen LogP contribution in [0.4, 0.5) is 0 Å². The molecule has 0 saturated carbocycles. The summed E-state index contributed by atoms with van der Waals surface area (Å²) in [5, 5.41) is 0. The molecule has 0 N–H and O–H groups in total. The molecule has 2 rings (SSSR count). The Morgan fingerprint density at radius 1 is 1.00 bits per heavy atom. The van der Waals surface area contributed by atoms with Crippen LogP contribution in [0.1, 0.15) is 23.6 Å². The number of hydrogen-bond donors (Lipinski definition) is 0. The van der Waals surface area contributed by atoms with Crippen molar-refractivity contribution in [1.29, 1.82) is 0 Å². The molecule has 2 nitrogen and oxygen atoms in total. The Morgan fingerprint density at radius 3 is 2.00 bits per heavy atom. The number of hydrogen-bond acceptors (Lipinski definition) is 2. The molecular weight excluding hydrogens is 248 g/mol. The quantitative estimate of drug-likeness (QED) is 0.474. The maximum absolute atomic E-state index is 11.4. The Kier molecular flexibility index (Phi) is 4.36. The van der Waals surface area contributed by atoms with E-state index < -0.39 is 5.97 Å². The SMILES string of the molecule is C=C(C)C(=O)Oc1ccc(Cc2ccc(C)cc2)cc1. The summed E-state index contributed by atoms with van der Waals surface area (Å²) >= 11 is 0. The van der Waals surface area contributed by atoms with Crippen molar-refractivity contribution in [3.8, 4) is 5.75 Å². The molecule has 0 saturated heterocycles. The summed E-state index contributed by atoms with van der Waals surface area (Å²) in [4.78, 5) is 11.4. The molecule has 0 fully saturated rings. The topological polar surface area (TPSA) is 26.3 Å². The van der Waals surface area contributed by atoms with Gasteiger partial charge in [0.25, 0.3) is 0 Å². The van der Waals surface area contributed by atoms with E-state index in [9.17, 15) is 4.79 Å². The highest BCUT2D eigenvalue weighted by molar-refractivity contribution is 5.88. The smallest absolute Gasteiger partial charge is 0.338 e. The van der Waals surface area contributed by atoms with Gasteiger partial charge in [0.05, 0.1) is 0 Å². The van der Waals surface area contributed by atoms with Gasteiger partial charge in [-0.1, -0.05) is 48.5 Å². The van der Waals surface area contributed by atoms with Gasteiger partial charge in [0.2, 0.25) is 0 Å². The third-order valence-corrected chi connectivity index (χ3v) is 3.01. The fourth-order valence-corrected chi connectivity index (χ4v) is 1.81. The van der Waals surface area contributed by atoms with Gasteiger partial charge in [0.1, 0.15) is 5.75 Å². The zero-order valence-corrected chi connectivity index (χ0v) is 11.8. The fourth-order valence-electron chi connectivity index (χ4n) is 1.81. The first-order valence-electron chi connectivity index (χ1n) is 6.57. The Balaban J connectivity index is 2.03. The van der Waals surface area contributed by atoms with Gasteiger partial charge in [-0.15, -0.1) is 0 Å². The Hall–Kier alpha value is -2.35. The molecule has 0 aliphatic rings. The maximum Gasteiger partial charge on any atom is 0.338 e. The van der Waals surface area contributed by atoms with E-state index in [1.54, 1.807) is 6.92 Å². The monoisotopic (exact) mass is 266 g/mol. The molecule has 0 spiro atoms. The molecule has 20 heavy (non-hydrogen) atoms. The van der Waals surface area contributed by atoms with Crippen LogP contribution in [0.25, 0.3) is 0 Å². The van der Waals surface area contributed by atoms with Crippen molar-refractivity contribution in [1.82, 2.24) is 0 Å². The Labute approximate surface area is 119 Å². The lowest BCUT2D eigenvalue weighted by Gasteiger charge is -2.06. The molecule has 0 aliphatic heterocycles. The van der Waals surface area contributed by atoms with E-state index >= 15 is 0 Å². The number of aryl methyl sites for hydroxylation is 1. The molecule has 0 aliphatic carbocycles. The highest BCUT2D eigenvalue weighted by atomic mass is 16.5. The molecule has 2 aromatic rings. The van der Waals surface area contributed by atoms with Crippen LogP contribution in [0.15, 0.2) is 60.7 Å². The zero-order chi connectivity index (χ0) is 14.5. The molecule has 0 heterocycles. The first-order valence-corrected chi connectivity index (χ1v) is 6.57. The molecule has 0 radical (unpaired) electrons. The lowest BCUT2D eigenvalue weighted by atomic mass is 10.0. The molecule has 0 aromatic heterocycles. The zero-order valence-electron chi connectivity index (χ0n) is 11.8. The van der Waals surface area contributed by atoms with Gasteiger partial charge < -0.3 is 4.74 Å². The number of carbonyl (C=O) groups is 1. The molecule has 0 atom stereocenters. The minimum absolute atomic E-state index is 0.392. The van der Waals surface area contributed by atoms with Gasteiger partial charge in [0, 0.05) is 5.57 Å². The van der Waals surface area contributed by atoms with E-state index in [-0.39, 0.29) is 0 Å². The average molecular weight is 266 g/mol. The highest BCUT2D eigenvalue weighted by Crippen LogP contribution is 2.16. The maximum atomic E-state index is 11.4. The van der Waals surface area contributed by atoms with Crippen LogP contribution in [-0.4, -0.2) is 5.97 Å². The van der Waals surface area contributed by atoms with E-state index in [1.807, 2.05) is 24.3 Å². The number of carbonyl (C=O) groups excluding carboxylic acids is 1. The summed E-state index contributed by atoms with van der Waals surface area (Å²) < 4.78 is 5.16. The van der Waals surface area contributed by atoms with Gasteiger partial charge >= 0.3 is 5.97 Å². The van der Waals surface area contributed by atoms with Gasteiger partial charge in [-0.05, 0) is 43.5 Å². The van der Waals surface area contributed by atoms with Crippen LogP contribution >= 0.6 is 0 Å². The van der Waals surface area contributed by atoms with Crippen LogP contribution < -0.4 is 4.74 Å². The van der Waals surface area contributed by atoms with Crippen LogP contribution in [0.5, 0.6) is 5.75 Å². The lowest BCUT2D eigenvalue weighted by Crippen LogP contribution is -2.08. The second-order valence-corrected chi connectivity index (χ2v) is 4.98. The Bertz CT molecular complexity index is 607. The molecule has 0 amide bonds. The van der Waals surface area contributed by atoms with Gasteiger partial charge in [0.15, 0.2) is 0 Å². The minimum Gasteiger partial charge on any atom is -0.423 e. The number of rotatable bonds is 4. The molecule has 0 bridgehead atoms. The Morgan fingerprint density at radius 2 is 1.50 bits per heavy atom. The largest absolute Gasteiger partial charge is 0.423 e. The summed E-state index contributed by atoms with van der Waals surface area (Å²) in [6, 6.07) is 16.0. The standard InChI is InChI=1S/C18H18O2/c1-13(2)18(19)20-17-10-8-16(9-11-17)12-15-6-4-14(3)5-7-15/h4-11H,1,12H2,2-3H3. The molecule has 2 aromatic carbocycles. The van der Waals surface area contributed by atoms with Crippen LogP contribution in [0, 0.1) is 6.92 Å². The first kappa shape index (κ1) is 14.1. The van der Waals surface area contributed by atoms with Crippen LogP contribution in [0.2, 0.25) is 0 Å². The fraction of sp³-hybridized carbons (Fsp3) is 0.167. The van der Waals surface area contributed by atoms with Crippen LogP contribution in [0.3, 0.4) is 0 Å². The first-order chi connectivity index (χ1) is 9.54. The predicted octanol–water partition coefficient (Wildman–Crippen LogP) is 4.07. The number of esters is 1. The van der Waals surface area contributed by atoms with E-state index in [2.05, 4.69) is 37.8 Å². The summed E-state index contributed by atoms with van der Waals surface area (Å²) in [6.07, 6.45) is 0.870. The van der Waals surface area contributed by atoms with Crippen molar-refractivity contribution >= 4 is 5.97 Å².